The van der Waals surface area contributed by atoms with Gasteiger partial charge in [0.25, 0.3) is 5.56 Å². The maximum atomic E-state index is 12.2. The number of nitrogens with zero attached hydrogens (tertiary/aromatic N) is 5. The fourth-order valence-corrected chi connectivity index (χ4v) is 3.32. The van der Waals surface area contributed by atoms with E-state index in [4.69, 9.17) is 11.6 Å². The van der Waals surface area contributed by atoms with E-state index >= 15 is 0 Å². The van der Waals surface area contributed by atoms with Crippen molar-refractivity contribution in [2.45, 2.75) is 6.92 Å². The quantitative estimate of drug-likeness (QED) is 0.682. The minimum atomic E-state index is -0.256. The predicted octanol–water partition coefficient (Wildman–Crippen LogP) is 2.68. The van der Waals surface area contributed by atoms with Gasteiger partial charge >= 0.3 is 0 Å². The molecule has 3 heterocycles. The Morgan fingerprint density at radius 1 is 1.10 bits per heavy atom. The Balaban J connectivity index is 1.60. The number of rotatable bonds is 4. The van der Waals surface area contributed by atoms with E-state index in [-0.39, 0.29) is 5.56 Å². The van der Waals surface area contributed by atoms with Crippen molar-refractivity contribution in [2.24, 2.45) is 0 Å². The number of aromatic amines is 1. The lowest BCUT2D eigenvalue weighted by Crippen LogP contribution is -2.45. The van der Waals surface area contributed by atoms with Gasteiger partial charge in [0.15, 0.2) is 0 Å². The summed E-state index contributed by atoms with van der Waals surface area (Å²) in [6.45, 7) is 5.67. The van der Waals surface area contributed by atoms with Gasteiger partial charge in [0.1, 0.15) is 0 Å². The molecule has 2 aromatic heterocycles. The summed E-state index contributed by atoms with van der Waals surface area (Å²) in [5.41, 5.74) is 2.55. The Morgan fingerprint density at radius 3 is 2.52 bits per heavy atom. The second-order valence-electron chi connectivity index (χ2n) is 7.07. The number of piperazine rings is 1. The highest BCUT2D eigenvalue weighted by Crippen LogP contribution is 2.23. The van der Waals surface area contributed by atoms with Gasteiger partial charge in [0.05, 0.1) is 11.4 Å². The van der Waals surface area contributed by atoms with E-state index in [1.807, 2.05) is 19.1 Å². The molecule has 0 unspecified atom stereocenters. The number of anilines is 3. The van der Waals surface area contributed by atoms with Crippen molar-refractivity contribution >= 4 is 29.2 Å². The average Bonchev–Trinajstić information content (AvgIpc) is 2.70. The number of hydrogen-bond donors (Lipinski definition) is 2. The van der Waals surface area contributed by atoms with Crippen molar-refractivity contribution in [1.82, 2.24) is 24.8 Å². The molecule has 0 radical (unpaired) electrons. The lowest BCUT2D eigenvalue weighted by atomic mass is 10.2. The van der Waals surface area contributed by atoms with Crippen molar-refractivity contribution in [3.63, 3.8) is 0 Å². The van der Waals surface area contributed by atoms with Crippen molar-refractivity contribution < 1.29 is 0 Å². The summed E-state index contributed by atoms with van der Waals surface area (Å²) in [7, 11) is 2.11. The second kappa shape index (κ2) is 8.18. The normalized spacial score (nSPS) is 14.8. The topological polar surface area (TPSA) is 90.0 Å². The molecule has 0 saturated carbocycles. The first-order valence-corrected chi connectivity index (χ1v) is 9.77. The SMILES string of the molecule is Cc1nc(N2CCN(C)CC2)ncc1-c1cc(=O)[nH]c(Nc2ccc(Cl)cc2)n1. The van der Waals surface area contributed by atoms with Crippen LogP contribution in [0.3, 0.4) is 0 Å². The molecule has 8 nitrogen and oxygen atoms in total. The standard InChI is InChI=1S/C20H22ClN7O/c1-13-16(12-22-20(23-13)28-9-7-27(2)8-10-28)17-11-18(29)26-19(25-17)24-15-5-3-14(21)4-6-15/h3-6,11-12H,7-10H2,1-2H3,(H2,24,25,26,29). The summed E-state index contributed by atoms with van der Waals surface area (Å²) in [6.07, 6.45) is 1.74. The lowest BCUT2D eigenvalue weighted by Gasteiger charge is -2.32. The van der Waals surface area contributed by atoms with E-state index in [1.165, 1.54) is 6.07 Å². The molecular formula is C20H22ClN7O. The molecule has 9 heteroatoms. The fraction of sp³-hybridized carbons (Fsp3) is 0.300. The Labute approximate surface area is 173 Å². The summed E-state index contributed by atoms with van der Waals surface area (Å²) in [4.78, 5) is 33.1. The molecule has 0 bridgehead atoms. The van der Waals surface area contributed by atoms with Crippen molar-refractivity contribution in [2.75, 3.05) is 43.4 Å². The Bertz CT molecular complexity index is 1060. The van der Waals surface area contributed by atoms with E-state index in [9.17, 15) is 4.79 Å². The fourth-order valence-electron chi connectivity index (χ4n) is 3.19. The number of hydrogen-bond acceptors (Lipinski definition) is 7. The zero-order valence-electron chi connectivity index (χ0n) is 16.3. The van der Waals surface area contributed by atoms with Gasteiger partial charge < -0.3 is 15.1 Å². The van der Waals surface area contributed by atoms with Crippen LogP contribution in [0.25, 0.3) is 11.3 Å². The Hall–Kier alpha value is -2.97. The number of halogens is 1. The Morgan fingerprint density at radius 2 is 1.83 bits per heavy atom. The number of likely N-dealkylation sites (N-methyl/N-ethyl adjacent to an activating group) is 1. The van der Waals surface area contributed by atoms with Gasteiger partial charge in [0, 0.05) is 54.7 Å². The van der Waals surface area contributed by atoms with Crippen LogP contribution < -0.4 is 15.8 Å². The monoisotopic (exact) mass is 411 g/mol. The van der Waals surface area contributed by atoms with Gasteiger partial charge in [-0.1, -0.05) is 11.6 Å². The molecule has 0 spiro atoms. The highest BCUT2D eigenvalue weighted by molar-refractivity contribution is 6.30. The van der Waals surface area contributed by atoms with Crippen LogP contribution in [0, 0.1) is 6.92 Å². The predicted molar refractivity (Wildman–Crippen MR) is 115 cm³/mol. The van der Waals surface area contributed by atoms with Crippen molar-refractivity contribution in [3.8, 4) is 11.3 Å². The van der Waals surface area contributed by atoms with Gasteiger partial charge in [-0.15, -0.1) is 0 Å². The zero-order chi connectivity index (χ0) is 20.4. The summed E-state index contributed by atoms with van der Waals surface area (Å²) in [5, 5.41) is 3.73. The molecule has 150 valence electrons. The summed E-state index contributed by atoms with van der Waals surface area (Å²) >= 11 is 5.92. The number of nitrogens with one attached hydrogen (secondary N) is 2. The number of aromatic nitrogens is 4. The number of aryl methyl sites for hydroxylation is 1. The summed E-state index contributed by atoms with van der Waals surface area (Å²) in [6, 6.07) is 8.61. The summed E-state index contributed by atoms with van der Waals surface area (Å²) < 4.78 is 0. The van der Waals surface area contributed by atoms with E-state index in [0.29, 0.717) is 22.6 Å². The van der Waals surface area contributed by atoms with Gasteiger partial charge in [-0.3, -0.25) is 9.78 Å². The first kappa shape index (κ1) is 19.4. The number of H-pyrrole nitrogens is 1. The molecule has 1 fully saturated rings. The highest BCUT2D eigenvalue weighted by atomic mass is 35.5. The molecule has 2 N–H and O–H groups in total. The van der Waals surface area contributed by atoms with E-state index in [1.54, 1.807) is 18.3 Å². The second-order valence-corrected chi connectivity index (χ2v) is 7.51. The molecule has 29 heavy (non-hydrogen) atoms. The molecule has 1 aromatic carbocycles. The van der Waals surface area contributed by atoms with Gasteiger partial charge in [-0.2, -0.15) is 0 Å². The molecule has 3 aromatic rings. The van der Waals surface area contributed by atoms with Crippen LogP contribution >= 0.6 is 11.6 Å². The average molecular weight is 412 g/mol. The minimum absolute atomic E-state index is 0.256. The van der Waals surface area contributed by atoms with Crippen LogP contribution in [0.5, 0.6) is 0 Å². The van der Waals surface area contributed by atoms with E-state index in [0.717, 1.165) is 43.1 Å². The van der Waals surface area contributed by atoms with Gasteiger partial charge in [0.2, 0.25) is 11.9 Å². The molecule has 1 aliphatic heterocycles. The lowest BCUT2D eigenvalue weighted by molar-refractivity contribution is 0.311. The van der Waals surface area contributed by atoms with E-state index in [2.05, 4.69) is 42.1 Å². The van der Waals surface area contributed by atoms with Crippen LogP contribution in [0.1, 0.15) is 5.69 Å². The maximum Gasteiger partial charge on any atom is 0.252 e. The van der Waals surface area contributed by atoms with Crippen LogP contribution in [-0.4, -0.2) is 58.1 Å². The third-order valence-electron chi connectivity index (χ3n) is 4.88. The van der Waals surface area contributed by atoms with E-state index < -0.39 is 0 Å². The third kappa shape index (κ3) is 4.55. The van der Waals surface area contributed by atoms with Crippen molar-refractivity contribution in [3.05, 3.63) is 57.6 Å². The number of benzene rings is 1. The van der Waals surface area contributed by atoms with Crippen LogP contribution in [-0.2, 0) is 0 Å². The molecule has 0 amide bonds. The van der Waals surface area contributed by atoms with Crippen LogP contribution in [0.2, 0.25) is 5.02 Å². The smallest absolute Gasteiger partial charge is 0.252 e. The van der Waals surface area contributed by atoms with Crippen LogP contribution in [0.15, 0.2) is 41.3 Å². The largest absolute Gasteiger partial charge is 0.338 e. The molecule has 0 aliphatic carbocycles. The molecule has 1 saturated heterocycles. The maximum absolute atomic E-state index is 12.2. The van der Waals surface area contributed by atoms with Gasteiger partial charge in [-0.25, -0.2) is 15.0 Å². The summed E-state index contributed by atoms with van der Waals surface area (Å²) in [5.74, 6) is 1.06. The third-order valence-corrected chi connectivity index (χ3v) is 5.13. The highest BCUT2D eigenvalue weighted by Gasteiger charge is 2.18. The first-order chi connectivity index (χ1) is 14.0. The minimum Gasteiger partial charge on any atom is -0.338 e. The zero-order valence-corrected chi connectivity index (χ0v) is 17.1. The molecular weight excluding hydrogens is 390 g/mol. The first-order valence-electron chi connectivity index (χ1n) is 9.39. The molecule has 4 rings (SSSR count). The van der Waals surface area contributed by atoms with Gasteiger partial charge in [-0.05, 0) is 38.2 Å². The molecule has 1 aliphatic rings. The van der Waals surface area contributed by atoms with Crippen LogP contribution in [0.4, 0.5) is 17.6 Å². The molecule has 0 atom stereocenters. The van der Waals surface area contributed by atoms with Crippen molar-refractivity contribution in [1.29, 1.82) is 0 Å². The Kier molecular flexibility index (Phi) is 5.46.